The molecule has 1 aliphatic heterocycles. The number of nitrogens with one attached hydrogen (secondary N) is 1. The van der Waals surface area contributed by atoms with Gasteiger partial charge >= 0.3 is 12.4 Å². The van der Waals surface area contributed by atoms with Gasteiger partial charge in [-0.3, -0.25) is 9.59 Å². The molecule has 3 heterocycles. The summed E-state index contributed by atoms with van der Waals surface area (Å²) >= 11 is 0. The normalized spacial score (nSPS) is 19.4. The third kappa shape index (κ3) is 5.62. The van der Waals surface area contributed by atoms with Gasteiger partial charge in [-0.05, 0) is 37.6 Å². The topological polar surface area (TPSA) is 126 Å². The van der Waals surface area contributed by atoms with Crippen molar-refractivity contribution in [3.8, 4) is 11.3 Å². The first-order valence-electron chi connectivity index (χ1n) is 11.8. The molecule has 0 spiro atoms. The largest absolute Gasteiger partial charge is 0.418 e. The quantitative estimate of drug-likeness (QED) is 0.389. The highest BCUT2D eigenvalue weighted by atomic mass is 19.4. The average Bonchev–Trinajstić information content (AvgIpc) is 3.40. The number of carbonyl (C=O) groups is 2. The van der Waals surface area contributed by atoms with Gasteiger partial charge in [-0.15, -0.1) is 0 Å². The number of benzene rings is 1. The van der Waals surface area contributed by atoms with Gasteiger partial charge in [0.1, 0.15) is 23.8 Å². The van der Waals surface area contributed by atoms with Crippen molar-refractivity contribution in [3.63, 3.8) is 0 Å². The van der Waals surface area contributed by atoms with Crippen molar-refractivity contribution in [2.75, 3.05) is 18.8 Å². The van der Waals surface area contributed by atoms with E-state index in [4.69, 9.17) is 5.73 Å². The minimum Gasteiger partial charge on any atom is -0.382 e. The van der Waals surface area contributed by atoms with Crippen LogP contribution in [0.25, 0.3) is 16.8 Å². The zero-order chi connectivity index (χ0) is 30.7. The van der Waals surface area contributed by atoms with Crippen molar-refractivity contribution in [2.24, 2.45) is 0 Å². The molecule has 0 bridgehead atoms. The summed E-state index contributed by atoms with van der Waals surface area (Å²) in [4.78, 5) is 29.6. The van der Waals surface area contributed by atoms with Crippen LogP contribution in [0.15, 0.2) is 24.5 Å². The van der Waals surface area contributed by atoms with Crippen LogP contribution in [-0.4, -0.2) is 73.5 Å². The van der Waals surface area contributed by atoms with Crippen LogP contribution in [0.1, 0.15) is 34.8 Å². The maximum absolute atomic E-state index is 15.0. The molecule has 0 aliphatic carbocycles. The van der Waals surface area contributed by atoms with E-state index in [1.54, 1.807) is 0 Å². The molecule has 1 unspecified atom stereocenters. The Balaban J connectivity index is 1.61. The predicted octanol–water partition coefficient (Wildman–Crippen LogP) is 3.43. The highest BCUT2D eigenvalue weighted by molar-refractivity contribution is 5.97. The summed E-state index contributed by atoms with van der Waals surface area (Å²) < 4.78 is 110. The van der Waals surface area contributed by atoms with Crippen molar-refractivity contribution in [1.82, 2.24) is 24.8 Å². The number of halogens is 8. The molecule has 2 amide bonds. The number of rotatable bonds is 5. The number of aliphatic hydroxyl groups is 1. The second-order valence-corrected chi connectivity index (χ2v) is 9.84. The zero-order valence-corrected chi connectivity index (χ0v) is 21.2. The summed E-state index contributed by atoms with van der Waals surface area (Å²) in [7, 11) is 0. The maximum Gasteiger partial charge on any atom is 0.418 e. The van der Waals surface area contributed by atoms with Crippen LogP contribution in [0, 0.1) is 12.7 Å². The van der Waals surface area contributed by atoms with Gasteiger partial charge < -0.3 is 21.1 Å². The van der Waals surface area contributed by atoms with Crippen molar-refractivity contribution < 1.29 is 49.8 Å². The van der Waals surface area contributed by atoms with E-state index < -0.39 is 95.5 Å². The lowest BCUT2D eigenvalue weighted by Crippen LogP contribution is -2.47. The summed E-state index contributed by atoms with van der Waals surface area (Å²) in [5.74, 6) is -3.73. The van der Waals surface area contributed by atoms with Crippen molar-refractivity contribution in [3.05, 3.63) is 47.0 Å². The Bertz CT molecular complexity index is 1520. The minimum absolute atomic E-state index is 0.0253. The smallest absolute Gasteiger partial charge is 0.382 e. The second kappa shape index (κ2) is 10.1. The number of nitrogens with zero attached hydrogens (tertiary/aromatic N) is 4. The first-order valence-corrected chi connectivity index (χ1v) is 11.8. The molecule has 9 nitrogen and oxygen atoms in total. The van der Waals surface area contributed by atoms with E-state index in [0.717, 1.165) is 18.5 Å². The maximum atomic E-state index is 15.0. The number of aromatic nitrogens is 3. The molecule has 0 radical (unpaired) electrons. The van der Waals surface area contributed by atoms with E-state index >= 15 is 4.39 Å². The molecule has 17 heteroatoms. The SMILES string of the molecule is Cc1cc(F)c(-c2cc(C(F)(F)F)c3c(N)ncnn23)cc1C(=O)N[C@@H]1CN(C(=O)CC(C)(O)C(F)(F)F)C[C@@H]1F. The fourth-order valence-corrected chi connectivity index (χ4v) is 4.45. The van der Waals surface area contributed by atoms with E-state index in [-0.39, 0.29) is 11.1 Å². The van der Waals surface area contributed by atoms with E-state index in [1.165, 1.54) is 6.92 Å². The van der Waals surface area contributed by atoms with Crippen molar-refractivity contribution in [1.29, 1.82) is 0 Å². The monoisotopic (exact) mass is 594 g/mol. The Morgan fingerprint density at radius 1 is 1.15 bits per heavy atom. The molecule has 222 valence electrons. The van der Waals surface area contributed by atoms with E-state index in [9.17, 15) is 45.4 Å². The number of nitrogen functional groups attached to an aromatic ring is 1. The summed E-state index contributed by atoms with van der Waals surface area (Å²) in [5.41, 5.74) is -0.753. The first kappa shape index (κ1) is 30.0. The van der Waals surface area contributed by atoms with E-state index in [2.05, 4.69) is 15.4 Å². The zero-order valence-electron chi connectivity index (χ0n) is 21.2. The fourth-order valence-electron chi connectivity index (χ4n) is 4.45. The summed E-state index contributed by atoms with van der Waals surface area (Å²) in [6, 6.07) is 1.02. The Kier molecular flexibility index (Phi) is 7.39. The molecule has 1 fully saturated rings. The Hall–Kier alpha value is -4.02. The van der Waals surface area contributed by atoms with Gasteiger partial charge in [0.25, 0.3) is 5.91 Å². The highest BCUT2D eigenvalue weighted by Crippen LogP contribution is 2.39. The number of aryl methyl sites for hydroxylation is 1. The Labute approximate surface area is 225 Å². The number of likely N-dealkylation sites (tertiary alicyclic amines) is 1. The molecule has 4 N–H and O–H groups in total. The molecule has 3 atom stereocenters. The fraction of sp³-hybridized carbons (Fsp3) is 0.417. The van der Waals surface area contributed by atoms with Gasteiger partial charge in [-0.25, -0.2) is 18.3 Å². The van der Waals surface area contributed by atoms with Crippen LogP contribution in [0.5, 0.6) is 0 Å². The average molecular weight is 594 g/mol. The number of anilines is 1. The number of carbonyl (C=O) groups excluding carboxylic acids is 2. The molecule has 4 rings (SSSR count). The molecule has 2 aromatic heterocycles. The first-order chi connectivity index (χ1) is 18.8. The molecule has 1 aliphatic rings. The van der Waals surface area contributed by atoms with Crippen LogP contribution in [0.4, 0.5) is 40.9 Å². The number of hydrogen-bond acceptors (Lipinski definition) is 6. The lowest BCUT2D eigenvalue weighted by Gasteiger charge is -2.27. The Morgan fingerprint density at radius 3 is 2.41 bits per heavy atom. The number of alkyl halides is 7. The number of fused-ring (bicyclic) bond motifs is 1. The van der Waals surface area contributed by atoms with Crippen LogP contribution in [0.3, 0.4) is 0 Å². The van der Waals surface area contributed by atoms with Gasteiger partial charge in [0, 0.05) is 17.7 Å². The summed E-state index contributed by atoms with van der Waals surface area (Å²) in [6.45, 7) is 0.522. The predicted molar refractivity (Wildman–Crippen MR) is 127 cm³/mol. The summed E-state index contributed by atoms with van der Waals surface area (Å²) in [6.07, 6.45) is -12.5. The summed E-state index contributed by atoms with van der Waals surface area (Å²) in [5, 5.41) is 15.6. The number of hydrogen-bond donors (Lipinski definition) is 3. The second-order valence-electron chi connectivity index (χ2n) is 9.84. The van der Waals surface area contributed by atoms with Gasteiger partial charge in [0.2, 0.25) is 5.91 Å². The number of nitrogens with two attached hydrogens (primary N) is 1. The van der Waals surface area contributed by atoms with Crippen LogP contribution in [-0.2, 0) is 11.0 Å². The van der Waals surface area contributed by atoms with Gasteiger partial charge in [0.15, 0.2) is 11.4 Å². The lowest BCUT2D eigenvalue weighted by atomic mass is 10.0. The number of amides is 2. The molecule has 0 saturated carbocycles. The minimum atomic E-state index is -5.12. The van der Waals surface area contributed by atoms with Gasteiger partial charge in [-0.1, -0.05) is 0 Å². The van der Waals surface area contributed by atoms with Crippen molar-refractivity contribution >= 4 is 23.1 Å². The van der Waals surface area contributed by atoms with Crippen molar-refractivity contribution in [2.45, 2.75) is 50.4 Å². The standard InChI is InChI=1S/C24H22F8N6O3/c1-10-3-14(25)12(17-5-13(23(27,28)29)19-20(33)34-9-35-38(17)19)4-11(10)21(40)36-16-8-37(7-15(16)26)18(39)6-22(2,41)24(30,31)32/h3-5,9,15-16,41H,6-8H2,1-2H3,(H,36,40)(H2,33,34,35)/t15-,16+,22?/m0/s1. The highest BCUT2D eigenvalue weighted by Gasteiger charge is 2.52. The van der Waals surface area contributed by atoms with E-state index in [1.807, 2.05) is 0 Å². The Morgan fingerprint density at radius 2 is 1.80 bits per heavy atom. The molecule has 1 saturated heterocycles. The third-order valence-corrected chi connectivity index (χ3v) is 6.75. The third-order valence-electron chi connectivity index (χ3n) is 6.75. The van der Waals surface area contributed by atoms with Crippen LogP contribution in [0.2, 0.25) is 0 Å². The van der Waals surface area contributed by atoms with Crippen LogP contribution >= 0.6 is 0 Å². The molecule has 3 aromatic rings. The van der Waals surface area contributed by atoms with Gasteiger partial charge in [0.05, 0.1) is 30.3 Å². The lowest BCUT2D eigenvalue weighted by molar-refractivity contribution is -0.254. The van der Waals surface area contributed by atoms with Crippen LogP contribution < -0.4 is 11.1 Å². The molecule has 1 aromatic carbocycles. The van der Waals surface area contributed by atoms with E-state index in [0.29, 0.717) is 22.4 Å². The molecular weight excluding hydrogens is 572 g/mol. The molecular formula is C24H22F8N6O3. The van der Waals surface area contributed by atoms with Gasteiger partial charge in [-0.2, -0.15) is 31.4 Å². The molecule has 41 heavy (non-hydrogen) atoms.